The van der Waals surface area contributed by atoms with E-state index in [0.29, 0.717) is 0 Å². The van der Waals surface area contributed by atoms with Gasteiger partial charge in [-0.25, -0.2) is 0 Å². The molecule has 0 aromatic carbocycles. The van der Waals surface area contributed by atoms with E-state index in [1.165, 1.54) is 0 Å². The molecule has 1 N–H and O–H groups in total. The molecule has 0 aliphatic heterocycles. The third-order valence-electron chi connectivity index (χ3n) is 3.45. The summed E-state index contributed by atoms with van der Waals surface area (Å²) < 4.78 is 5.02. The van der Waals surface area contributed by atoms with E-state index in [4.69, 9.17) is 4.52 Å². The van der Waals surface area contributed by atoms with Gasteiger partial charge in [0, 0.05) is 11.0 Å². The maximum atomic E-state index is 9.42. The van der Waals surface area contributed by atoms with Crippen molar-refractivity contribution in [2.45, 2.75) is 32.6 Å². The largest absolute Gasteiger partial charge is 0.395 e. The van der Waals surface area contributed by atoms with Crippen LogP contribution >= 0.6 is 0 Å². The molecule has 0 radical (unpaired) electrons. The quantitative estimate of drug-likeness (QED) is 0.754. The van der Waals surface area contributed by atoms with Gasteiger partial charge in [-0.3, -0.25) is 0 Å². The summed E-state index contributed by atoms with van der Waals surface area (Å²) >= 11 is 0. The highest BCUT2D eigenvalue weighted by molar-refractivity contribution is 5.37. The highest BCUT2D eigenvalue weighted by Gasteiger charge is 2.63. The summed E-state index contributed by atoms with van der Waals surface area (Å²) in [5.41, 5.74) is 1.15. The fourth-order valence-corrected chi connectivity index (χ4v) is 2.28. The normalized spacial score (nSPS) is 30.5. The molecule has 1 unspecified atom stereocenters. The van der Waals surface area contributed by atoms with Crippen LogP contribution in [-0.4, -0.2) is 16.9 Å². The molecule has 3 heteroatoms. The molecular formula is C10H15NO2. The number of aliphatic hydroxyl groups excluding tert-OH is 1. The molecule has 1 atom stereocenters. The molecule has 1 aliphatic rings. The first-order valence-electron chi connectivity index (χ1n) is 4.56. The summed E-state index contributed by atoms with van der Waals surface area (Å²) in [4.78, 5) is 0. The second kappa shape index (κ2) is 2.35. The van der Waals surface area contributed by atoms with Crippen LogP contribution in [0.25, 0.3) is 0 Å². The lowest BCUT2D eigenvalue weighted by atomic mass is 9.89. The number of nitrogens with zero attached hydrogens (tertiary/aromatic N) is 1. The molecule has 0 bridgehead atoms. The Labute approximate surface area is 77.7 Å². The first kappa shape index (κ1) is 8.75. The Bertz CT molecular complexity index is 329. The monoisotopic (exact) mass is 181 g/mol. The van der Waals surface area contributed by atoms with Crippen LogP contribution in [0.5, 0.6) is 0 Å². The van der Waals surface area contributed by atoms with E-state index in [0.717, 1.165) is 17.7 Å². The van der Waals surface area contributed by atoms with Gasteiger partial charge in [-0.05, 0) is 18.8 Å². The number of aromatic nitrogens is 1. The number of hydrogen-bond donors (Lipinski definition) is 1. The number of aryl methyl sites for hydroxylation is 1. The van der Waals surface area contributed by atoms with E-state index in [9.17, 15) is 5.11 Å². The molecule has 1 heterocycles. The Morgan fingerprint density at radius 2 is 2.23 bits per heavy atom. The van der Waals surface area contributed by atoms with Crippen molar-refractivity contribution < 1.29 is 9.63 Å². The van der Waals surface area contributed by atoms with Gasteiger partial charge in [-0.1, -0.05) is 19.0 Å². The van der Waals surface area contributed by atoms with Crippen molar-refractivity contribution in [2.75, 3.05) is 6.61 Å². The van der Waals surface area contributed by atoms with Crippen LogP contribution in [0.1, 0.15) is 31.6 Å². The summed E-state index contributed by atoms with van der Waals surface area (Å²) in [5, 5.41) is 13.2. The Balaban J connectivity index is 2.41. The van der Waals surface area contributed by atoms with Gasteiger partial charge in [0.25, 0.3) is 0 Å². The molecule has 1 aliphatic carbocycles. The SMILES string of the molecule is Cc1oncc1C1(CO)CC1(C)C. The van der Waals surface area contributed by atoms with E-state index in [1.54, 1.807) is 6.20 Å². The Kier molecular flexibility index (Phi) is 1.58. The van der Waals surface area contributed by atoms with E-state index in [-0.39, 0.29) is 17.4 Å². The van der Waals surface area contributed by atoms with Crippen LogP contribution in [0.2, 0.25) is 0 Å². The number of rotatable bonds is 2. The lowest BCUT2D eigenvalue weighted by Crippen LogP contribution is -2.19. The fraction of sp³-hybridized carbons (Fsp3) is 0.700. The van der Waals surface area contributed by atoms with Crippen molar-refractivity contribution in [1.29, 1.82) is 0 Å². The molecule has 0 spiro atoms. The van der Waals surface area contributed by atoms with Gasteiger partial charge < -0.3 is 9.63 Å². The van der Waals surface area contributed by atoms with Gasteiger partial charge in [0.2, 0.25) is 0 Å². The zero-order valence-corrected chi connectivity index (χ0v) is 8.29. The minimum absolute atomic E-state index is 0.100. The third-order valence-corrected chi connectivity index (χ3v) is 3.45. The zero-order chi connectivity index (χ0) is 9.69. The third kappa shape index (κ3) is 0.967. The molecule has 1 saturated carbocycles. The Hall–Kier alpha value is -0.830. The summed E-state index contributed by atoms with van der Waals surface area (Å²) in [6, 6.07) is 0. The molecule has 0 saturated heterocycles. The molecule has 3 nitrogen and oxygen atoms in total. The fourth-order valence-electron chi connectivity index (χ4n) is 2.28. The second-order valence-electron chi connectivity index (χ2n) is 4.60. The average Bonchev–Trinajstić information content (AvgIpc) is 2.43. The summed E-state index contributed by atoms with van der Waals surface area (Å²) in [6.45, 7) is 6.40. The molecule has 13 heavy (non-hydrogen) atoms. The van der Waals surface area contributed by atoms with Crippen LogP contribution in [0.4, 0.5) is 0 Å². The van der Waals surface area contributed by atoms with Crippen molar-refractivity contribution in [3.63, 3.8) is 0 Å². The van der Waals surface area contributed by atoms with E-state index >= 15 is 0 Å². The summed E-state index contributed by atoms with van der Waals surface area (Å²) in [5.74, 6) is 0.833. The highest BCUT2D eigenvalue weighted by Crippen LogP contribution is 2.64. The molecule has 1 aromatic heterocycles. The lowest BCUT2D eigenvalue weighted by Gasteiger charge is -2.15. The van der Waals surface area contributed by atoms with Gasteiger partial charge in [0.15, 0.2) is 0 Å². The predicted octanol–water partition coefficient (Wildman–Crippen LogP) is 1.64. The van der Waals surface area contributed by atoms with Gasteiger partial charge in [-0.15, -0.1) is 0 Å². The zero-order valence-electron chi connectivity index (χ0n) is 8.29. The first-order valence-corrected chi connectivity index (χ1v) is 4.56. The van der Waals surface area contributed by atoms with Crippen molar-refractivity contribution in [1.82, 2.24) is 5.16 Å². The first-order chi connectivity index (χ1) is 6.03. The smallest absolute Gasteiger partial charge is 0.137 e. The second-order valence-corrected chi connectivity index (χ2v) is 4.60. The van der Waals surface area contributed by atoms with Gasteiger partial charge in [-0.2, -0.15) is 0 Å². The van der Waals surface area contributed by atoms with E-state index < -0.39 is 0 Å². The van der Waals surface area contributed by atoms with Crippen LogP contribution in [-0.2, 0) is 5.41 Å². The summed E-state index contributed by atoms with van der Waals surface area (Å²) in [6.07, 6.45) is 2.75. The Morgan fingerprint density at radius 1 is 1.62 bits per heavy atom. The van der Waals surface area contributed by atoms with Crippen LogP contribution in [0.15, 0.2) is 10.7 Å². The number of aliphatic hydroxyl groups is 1. The molecule has 0 amide bonds. The Morgan fingerprint density at radius 3 is 2.54 bits per heavy atom. The van der Waals surface area contributed by atoms with Crippen LogP contribution in [0, 0.1) is 12.3 Å². The van der Waals surface area contributed by atoms with Crippen LogP contribution < -0.4 is 0 Å². The van der Waals surface area contributed by atoms with E-state index in [1.807, 2.05) is 6.92 Å². The minimum atomic E-state index is -0.100. The molecule has 1 aromatic rings. The lowest BCUT2D eigenvalue weighted by molar-refractivity contribution is 0.230. The van der Waals surface area contributed by atoms with Crippen molar-refractivity contribution in [3.05, 3.63) is 17.5 Å². The molecule has 2 rings (SSSR count). The van der Waals surface area contributed by atoms with Crippen molar-refractivity contribution in [3.8, 4) is 0 Å². The molecular weight excluding hydrogens is 166 g/mol. The highest BCUT2D eigenvalue weighted by atomic mass is 16.5. The minimum Gasteiger partial charge on any atom is -0.395 e. The van der Waals surface area contributed by atoms with Crippen molar-refractivity contribution >= 4 is 0 Å². The summed E-state index contributed by atoms with van der Waals surface area (Å²) in [7, 11) is 0. The van der Waals surface area contributed by atoms with Gasteiger partial charge in [0.1, 0.15) is 5.76 Å². The maximum Gasteiger partial charge on any atom is 0.137 e. The topological polar surface area (TPSA) is 46.3 Å². The van der Waals surface area contributed by atoms with Gasteiger partial charge >= 0.3 is 0 Å². The van der Waals surface area contributed by atoms with Crippen molar-refractivity contribution in [2.24, 2.45) is 5.41 Å². The van der Waals surface area contributed by atoms with Gasteiger partial charge in [0.05, 0.1) is 12.8 Å². The maximum absolute atomic E-state index is 9.42. The standard InChI is InChI=1S/C10H15NO2/c1-7-8(4-11-13-7)10(6-12)5-9(10,2)3/h4,12H,5-6H2,1-3H3. The molecule has 72 valence electrons. The average molecular weight is 181 g/mol. The van der Waals surface area contributed by atoms with Crippen LogP contribution in [0.3, 0.4) is 0 Å². The molecule has 1 fully saturated rings. The van der Waals surface area contributed by atoms with E-state index in [2.05, 4.69) is 19.0 Å². The number of hydrogen-bond acceptors (Lipinski definition) is 3. The predicted molar refractivity (Wildman–Crippen MR) is 48.4 cm³/mol.